The summed E-state index contributed by atoms with van der Waals surface area (Å²) in [5.74, 6) is 2.58. The normalized spacial score (nSPS) is 11.2. The van der Waals surface area contributed by atoms with Crippen LogP contribution < -0.4 is 5.32 Å². The summed E-state index contributed by atoms with van der Waals surface area (Å²) >= 11 is 3.10. The summed E-state index contributed by atoms with van der Waals surface area (Å²) in [4.78, 5) is 4.35. The van der Waals surface area contributed by atoms with E-state index in [-0.39, 0.29) is 0 Å². The molecule has 8 heteroatoms. The summed E-state index contributed by atoms with van der Waals surface area (Å²) in [6.45, 7) is 7.15. The van der Waals surface area contributed by atoms with Crippen LogP contribution in [0, 0.1) is 5.92 Å². The highest BCUT2D eigenvalue weighted by Gasteiger charge is 2.10. The molecule has 0 aliphatic carbocycles. The summed E-state index contributed by atoms with van der Waals surface area (Å²) in [6, 6.07) is 0. The molecule has 1 N–H and O–H groups in total. The average Bonchev–Trinajstić information content (AvgIpc) is 2.96. The van der Waals surface area contributed by atoms with Crippen molar-refractivity contribution in [3.63, 3.8) is 0 Å². The smallest absolute Gasteiger partial charge is 0.237 e. The Morgan fingerprint density at radius 2 is 2.21 bits per heavy atom. The number of thioether (sulfide) groups is 1. The minimum Gasteiger partial charge on any atom is -0.360 e. The monoisotopic (exact) mass is 299 g/mol. The molecular weight excluding hydrogens is 282 g/mol. The third-order valence-corrected chi connectivity index (χ3v) is 4.15. The molecule has 2 heterocycles. The maximum atomic E-state index is 5.20. The maximum absolute atomic E-state index is 5.20. The fourth-order valence-electron chi connectivity index (χ4n) is 1.41. The Bertz CT molecular complexity index is 511. The van der Waals surface area contributed by atoms with Crippen molar-refractivity contribution in [1.29, 1.82) is 0 Å². The van der Waals surface area contributed by atoms with Crippen LogP contribution in [-0.4, -0.2) is 26.9 Å². The summed E-state index contributed by atoms with van der Waals surface area (Å²) < 4.78 is 6.10. The molecule has 2 aromatic heterocycles. The standard InChI is InChI=1S/C11H17N5OS2/c1-4-12-10-14-15-11(19-10)18-6-9-13-8(16-17-9)5-7(2)3/h7H,4-6H2,1-3H3,(H,12,14). The van der Waals surface area contributed by atoms with Crippen molar-refractivity contribution < 1.29 is 4.52 Å². The van der Waals surface area contributed by atoms with Gasteiger partial charge in [0.1, 0.15) is 0 Å². The van der Waals surface area contributed by atoms with Crippen molar-refractivity contribution in [3.8, 4) is 0 Å². The molecule has 2 rings (SSSR count). The first-order chi connectivity index (χ1) is 9.17. The van der Waals surface area contributed by atoms with E-state index in [2.05, 4.69) is 39.5 Å². The Balaban J connectivity index is 1.85. The SMILES string of the molecule is CCNc1nnc(SCc2nc(CC(C)C)no2)s1. The number of nitrogens with one attached hydrogen (secondary N) is 1. The van der Waals surface area contributed by atoms with Crippen molar-refractivity contribution in [1.82, 2.24) is 20.3 Å². The topological polar surface area (TPSA) is 76.7 Å². The third kappa shape index (κ3) is 4.46. The van der Waals surface area contributed by atoms with E-state index in [0.29, 0.717) is 17.6 Å². The number of nitrogens with zero attached hydrogens (tertiary/aromatic N) is 4. The molecule has 0 radical (unpaired) electrons. The van der Waals surface area contributed by atoms with Gasteiger partial charge in [0.2, 0.25) is 11.0 Å². The molecule has 6 nitrogen and oxygen atoms in total. The minimum absolute atomic E-state index is 0.531. The highest BCUT2D eigenvalue weighted by atomic mass is 32.2. The number of hydrogen-bond acceptors (Lipinski definition) is 8. The van der Waals surface area contributed by atoms with Gasteiger partial charge in [-0.3, -0.25) is 0 Å². The average molecular weight is 299 g/mol. The van der Waals surface area contributed by atoms with Gasteiger partial charge in [0, 0.05) is 13.0 Å². The first-order valence-corrected chi connectivity index (χ1v) is 7.99. The van der Waals surface area contributed by atoms with Crippen molar-refractivity contribution in [2.45, 2.75) is 37.3 Å². The number of anilines is 1. The van der Waals surface area contributed by atoms with Gasteiger partial charge < -0.3 is 9.84 Å². The van der Waals surface area contributed by atoms with E-state index in [1.54, 1.807) is 11.8 Å². The second-order valence-electron chi connectivity index (χ2n) is 4.39. The van der Waals surface area contributed by atoms with Gasteiger partial charge in [-0.05, 0) is 12.8 Å². The lowest BCUT2D eigenvalue weighted by Crippen LogP contribution is -1.96. The highest BCUT2D eigenvalue weighted by Crippen LogP contribution is 2.27. The van der Waals surface area contributed by atoms with Crippen LogP contribution in [0.2, 0.25) is 0 Å². The first-order valence-electron chi connectivity index (χ1n) is 6.19. The van der Waals surface area contributed by atoms with Crippen molar-refractivity contribution in [3.05, 3.63) is 11.7 Å². The molecule has 0 aliphatic rings. The van der Waals surface area contributed by atoms with Gasteiger partial charge in [0.05, 0.1) is 5.75 Å². The molecule has 0 bridgehead atoms. The van der Waals surface area contributed by atoms with Crippen molar-refractivity contribution in [2.75, 3.05) is 11.9 Å². The zero-order chi connectivity index (χ0) is 13.7. The quantitative estimate of drug-likeness (QED) is 0.788. The Morgan fingerprint density at radius 1 is 1.37 bits per heavy atom. The van der Waals surface area contributed by atoms with Crippen LogP contribution in [-0.2, 0) is 12.2 Å². The van der Waals surface area contributed by atoms with Gasteiger partial charge in [0.15, 0.2) is 10.2 Å². The van der Waals surface area contributed by atoms with E-state index in [9.17, 15) is 0 Å². The van der Waals surface area contributed by atoms with Gasteiger partial charge in [-0.25, -0.2) is 0 Å². The molecule has 0 aliphatic heterocycles. The fraction of sp³-hybridized carbons (Fsp3) is 0.636. The van der Waals surface area contributed by atoms with Crippen LogP contribution in [0.15, 0.2) is 8.86 Å². The van der Waals surface area contributed by atoms with Crippen LogP contribution >= 0.6 is 23.1 Å². The molecular formula is C11H17N5OS2. The van der Waals surface area contributed by atoms with E-state index in [0.717, 1.165) is 28.3 Å². The van der Waals surface area contributed by atoms with Gasteiger partial charge in [-0.15, -0.1) is 10.2 Å². The Labute approximate surface area is 120 Å². The van der Waals surface area contributed by atoms with E-state index >= 15 is 0 Å². The zero-order valence-corrected chi connectivity index (χ0v) is 12.8. The predicted octanol–water partition coefficient (Wildman–Crippen LogP) is 2.84. The zero-order valence-electron chi connectivity index (χ0n) is 11.2. The Kier molecular flexibility index (Phi) is 5.15. The number of hydrogen-bond donors (Lipinski definition) is 1. The molecule has 0 fully saturated rings. The van der Waals surface area contributed by atoms with E-state index in [1.807, 2.05) is 6.92 Å². The second-order valence-corrected chi connectivity index (χ2v) is 6.59. The first kappa shape index (κ1) is 14.3. The largest absolute Gasteiger partial charge is 0.360 e. The van der Waals surface area contributed by atoms with Crippen LogP contribution in [0.5, 0.6) is 0 Å². The van der Waals surface area contributed by atoms with E-state index in [1.165, 1.54) is 11.3 Å². The van der Waals surface area contributed by atoms with Crippen LogP contribution in [0.1, 0.15) is 32.5 Å². The summed E-state index contributed by atoms with van der Waals surface area (Å²) in [7, 11) is 0. The lowest BCUT2D eigenvalue weighted by atomic mass is 10.1. The minimum atomic E-state index is 0.531. The molecule has 0 spiro atoms. The summed E-state index contributed by atoms with van der Waals surface area (Å²) in [5, 5.41) is 16.1. The molecule has 0 saturated heterocycles. The third-order valence-electron chi connectivity index (χ3n) is 2.15. The van der Waals surface area contributed by atoms with Crippen molar-refractivity contribution >= 4 is 28.2 Å². The lowest BCUT2D eigenvalue weighted by Gasteiger charge is -1.96. The van der Waals surface area contributed by atoms with Gasteiger partial charge >= 0.3 is 0 Å². The summed E-state index contributed by atoms with van der Waals surface area (Å²) in [6.07, 6.45) is 0.845. The number of aromatic nitrogens is 4. The van der Waals surface area contributed by atoms with Gasteiger partial charge in [0.25, 0.3) is 0 Å². The van der Waals surface area contributed by atoms with Gasteiger partial charge in [-0.2, -0.15) is 4.98 Å². The number of rotatable bonds is 7. The molecule has 104 valence electrons. The predicted molar refractivity (Wildman–Crippen MR) is 76.5 cm³/mol. The lowest BCUT2D eigenvalue weighted by molar-refractivity contribution is 0.382. The molecule has 19 heavy (non-hydrogen) atoms. The molecule has 0 unspecified atom stereocenters. The molecule has 0 amide bonds. The molecule has 2 aromatic rings. The second kappa shape index (κ2) is 6.85. The Hall–Kier alpha value is -1.15. The highest BCUT2D eigenvalue weighted by molar-refractivity contribution is 8.00. The van der Waals surface area contributed by atoms with Gasteiger partial charge in [-0.1, -0.05) is 42.1 Å². The summed E-state index contributed by atoms with van der Waals surface area (Å²) in [5.41, 5.74) is 0. The maximum Gasteiger partial charge on any atom is 0.237 e. The van der Waals surface area contributed by atoms with Crippen LogP contribution in [0.3, 0.4) is 0 Å². The fourth-order valence-corrected chi connectivity index (χ4v) is 3.07. The van der Waals surface area contributed by atoms with E-state index in [4.69, 9.17) is 4.52 Å². The molecule has 0 atom stereocenters. The van der Waals surface area contributed by atoms with Crippen LogP contribution in [0.25, 0.3) is 0 Å². The van der Waals surface area contributed by atoms with E-state index < -0.39 is 0 Å². The molecule has 0 saturated carbocycles. The Morgan fingerprint density at radius 3 is 2.95 bits per heavy atom. The molecule has 0 aromatic carbocycles. The van der Waals surface area contributed by atoms with Crippen LogP contribution in [0.4, 0.5) is 5.13 Å². The van der Waals surface area contributed by atoms with Crippen molar-refractivity contribution in [2.24, 2.45) is 5.92 Å².